The zero-order valence-electron chi connectivity index (χ0n) is 10.9. The van der Waals surface area contributed by atoms with Gasteiger partial charge in [0, 0.05) is 6.54 Å². The van der Waals surface area contributed by atoms with Gasteiger partial charge < -0.3 is 10.2 Å². The van der Waals surface area contributed by atoms with Gasteiger partial charge in [0.15, 0.2) is 0 Å². The van der Waals surface area contributed by atoms with Crippen molar-refractivity contribution in [1.82, 2.24) is 10.2 Å². The molecule has 0 bridgehead atoms. The van der Waals surface area contributed by atoms with E-state index in [0.717, 1.165) is 31.7 Å². The molecule has 0 aromatic rings. The van der Waals surface area contributed by atoms with Crippen LogP contribution in [0.5, 0.6) is 0 Å². The third-order valence-corrected chi connectivity index (χ3v) is 3.88. The van der Waals surface area contributed by atoms with Crippen molar-refractivity contribution < 1.29 is 0 Å². The molecule has 0 radical (unpaired) electrons. The van der Waals surface area contributed by atoms with Crippen molar-refractivity contribution in [2.45, 2.75) is 45.1 Å². The Bertz CT molecular complexity index is 240. The summed E-state index contributed by atoms with van der Waals surface area (Å²) < 4.78 is 0. The van der Waals surface area contributed by atoms with E-state index >= 15 is 0 Å². The van der Waals surface area contributed by atoms with Crippen LogP contribution in [0.4, 0.5) is 0 Å². The van der Waals surface area contributed by atoms with Gasteiger partial charge in [-0.1, -0.05) is 13.8 Å². The van der Waals surface area contributed by atoms with Crippen molar-refractivity contribution in [3.05, 3.63) is 0 Å². The minimum absolute atomic E-state index is 0.300. The molecule has 1 aliphatic rings. The molecule has 0 aliphatic carbocycles. The summed E-state index contributed by atoms with van der Waals surface area (Å²) in [6.45, 7) is 8.03. The Hall–Kier alpha value is -0.590. The monoisotopic (exact) mass is 223 g/mol. The fraction of sp³-hybridized carbons (Fsp3) is 0.923. The van der Waals surface area contributed by atoms with E-state index in [0.29, 0.717) is 0 Å². The van der Waals surface area contributed by atoms with Crippen LogP contribution in [0.2, 0.25) is 0 Å². The molecule has 1 N–H and O–H groups in total. The lowest BCUT2D eigenvalue weighted by molar-refractivity contribution is 0.295. The molecule has 1 aliphatic heterocycles. The number of likely N-dealkylation sites (tertiary alicyclic amines) is 1. The van der Waals surface area contributed by atoms with Gasteiger partial charge in [-0.05, 0) is 51.7 Å². The summed E-state index contributed by atoms with van der Waals surface area (Å²) in [7, 11) is 1.89. The number of nitrogens with zero attached hydrogens (tertiary/aromatic N) is 2. The molecule has 1 rings (SSSR count). The van der Waals surface area contributed by atoms with E-state index in [9.17, 15) is 5.26 Å². The number of hydrogen-bond acceptors (Lipinski definition) is 3. The van der Waals surface area contributed by atoms with Crippen LogP contribution in [0.1, 0.15) is 39.5 Å². The maximum absolute atomic E-state index is 9.18. The van der Waals surface area contributed by atoms with E-state index in [1.807, 2.05) is 7.05 Å². The number of nitrogens with one attached hydrogen (secondary N) is 1. The maximum atomic E-state index is 9.18. The Kier molecular flexibility index (Phi) is 5.24. The van der Waals surface area contributed by atoms with Crippen molar-refractivity contribution in [1.29, 1.82) is 5.26 Å². The zero-order chi connectivity index (χ0) is 12.0. The third kappa shape index (κ3) is 3.47. The van der Waals surface area contributed by atoms with Gasteiger partial charge in [-0.15, -0.1) is 0 Å². The maximum Gasteiger partial charge on any atom is 0.106 e. The first-order valence-electron chi connectivity index (χ1n) is 6.48. The van der Waals surface area contributed by atoms with Crippen molar-refractivity contribution in [3.63, 3.8) is 0 Å². The highest BCUT2D eigenvalue weighted by atomic mass is 15.1. The van der Waals surface area contributed by atoms with Crippen LogP contribution in [-0.2, 0) is 0 Å². The fourth-order valence-corrected chi connectivity index (χ4v) is 2.50. The molecule has 1 fully saturated rings. The quantitative estimate of drug-likeness (QED) is 0.748. The number of nitriles is 1. The van der Waals surface area contributed by atoms with Crippen molar-refractivity contribution in [2.24, 2.45) is 5.92 Å². The van der Waals surface area contributed by atoms with E-state index in [4.69, 9.17) is 0 Å². The Morgan fingerprint density at radius 2 is 2.31 bits per heavy atom. The molecule has 0 saturated carbocycles. The van der Waals surface area contributed by atoms with Crippen LogP contribution in [0, 0.1) is 17.2 Å². The second kappa shape index (κ2) is 6.22. The first-order chi connectivity index (χ1) is 7.65. The minimum atomic E-state index is -0.300. The van der Waals surface area contributed by atoms with Crippen LogP contribution in [0.15, 0.2) is 0 Å². The molecule has 0 spiro atoms. The first kappa shape index (κ1) is 13.5. The summed E-state index contributed by atoms with van der Waals surface area (Å²) in [6, 6.07) is 2.42. The molecular weight excluding hydrogens is 198 g/mol. The summed E-state index contributed by atoms with van der Waals surface area (Å²) in [4.78, 5) is 2.53. The van der Waals surface area contributed by atoms with E-state index in [-0.39, 0.29) is 5.54 Å². The van der Waals surface area contributed by atoms with E-state index < -0.39 is 0 Å². The second-order valence-corrected chi connectivity index (χ2v) is 5.10. The van der Waals surface area contributed by atoms with Gasteiger partial charge in [-0.3, -0.25) is 0 Å². The molecule has 3 heteroatoms. The van der Waals surface area contributed by atoms with Crippen LogP contribution < -0.4 is 5.32 Å². The molecule has 1 heterocycles. The summed E-state index contributed by atoms with van der Waals surface area (Å²) in [5, 5.41) is 12.4. The Morgan fingerprint density at radius 1 is 1.56 bits per heavy atom. The molecule has 1 saturated heterocycles. The van der Waals surface area contributed by atoms with Gasteiger partial charge in [0.05, 0.1) is 6.07 Å². The Balaban J connectivity index is 2.26. The second-order valence-electron chi connectivity index (χ2n) is 5.10. The molecule has 0 aromatic carbocycles. The molecule has 92 valence electrons. The Morgan fingerprint density at radius 3 is 2.75 bits per heavy atom. The lowest BCUT2D eigenvalue weighted by atomic mass is 9.92. The molecule has 2 unspecified atom stereocenters. The summed E-state index contributed by atoms with van der Waals surface area (Å²) in [6.07, 6.45) is 4.30. The van der Waals surface area contributed by atoms with Crippen LogP contribution in [0.25, 0.3) is 0 Å². The van der Waals surface area contributed by atoms with Gasteiger partial charge in [0.25, 0.3) is 0 Å². The summed E-state index contributed by atoms with van der Waals surface area (Å²) in [5.41, 5.74) is -0.300. The molecular formula is C13H25N3. The Labute approximate surface area is 99.8 Å². The van der Waals surface area contributed by atoms with Gasteiger partial charge in [-0.25, -0.2) is 0 Å². The molecule has 3 nitrogen and oxygen atoms in total. The molecule has 2 atom stereocenters. The minimum Gasteiger partial charge on any atom is -0.303 e. The van der Waals surface area contributed by atoms with Crippen molar-refractivity contribution >= 4 is 0 Å². The highest BCUT2D eigenvalue weighted by Crippen LogP contribution is 2.19. The van der Waals surface area contributed by atoms with E-state index in [1.165, 1.54) is 19.5 Å². The average molecular weight is 223 g/mol. The van der Waals surface area contributed by atoms with E-state index in [1.54, 1.807) is 0 Å². The SMILES string of the molecule is CCC(C#N)(CCCN1CCC(C)C1)NC. The van der Waals surface area contributed by atoms with E-state index in [2.05, 4.69) is 30.1 Å². The van der Waals surface area contributed by atoms with Gasteiger partial charge in [0.2, 0.25) is 0 Å². The lowest BCUT2D eigenvalue weighted by Crippen LogP contribution is -2.41. The van der Waals surface area contributed by atoms with Crippen molar-refractivity contribution in [2.75, 3.05) is 26.7 Å². The highest BCUT2D eigenvalue weighted by Gasteiger charge is 2.26. The molecule has 16 heavy (non-hydrogen) atoms. The molecule has 0 amide bonds. The highest BCUT2D eigenvalue weighted by molar-refractivity contribution is 5.05. The average Bonchev–Trinajstić information content (AvgIpc) is 2.71. The normalized spacial score (nSPS) is 25.2. The summed E-state index contributed by atoms with van der Waals surface area (Å²) >= 11 is 0. The van der Waals surface area contributed by atoms with Crippen LogP contribution in [0.3, 0.4) is 0 Å². The number of hydrogen-bond donors (Lipinski definition) is 1. The fourth-order valence-electron chi connectivity index (χ4n) is 2.50. The predicted octanol–water partition coefficient (Wildman–Crippen LogP) is 2.00. The largest absolute Gasteiger partial charge is 0.303 e. The smallest absolute Gasteiger partial charge is 0.106 e. The van der Waals surface area contributed by atoms with Gasteiger partial charge in [-0.2, -0.15) is 5.26 Å². The standard InChI is InChI=1S/C13H25N3/c1-4-13(11-14,15-3)7-5-8-16-9-6-12(2)10-16/h12,15H,4-10H2,1-3H3. The van der Waals surface area contributed by atoms with Gasteiger partial charge in [0.1, 0.15) is 5.54 Å². The summed E-state index contributed by atoms with van der Waals surface area (Å²) in [5.74, 6) is 0.858. The lowest BCUT2D eigenvalue weighted by Gasteiger charge is -2.25. The number of rotatable bonds is 6. The molecule has 0 aromatic heterocycles. The van der Waals surface area contributed by atoms with Crippen LogP contribution >= 0.6 is 0 Å². The van der Waals surface area contributed by atoms with Gasteiger partial charge >= 0.3 is 0 Å². The van der Waals surface area contributed by atoms with Crippen molar-refractivity contribution in [3.8, 4) is 6.07 Å². The van der Waals surface area contributed by atoms with Crippen LogP contribution in [-0.4, -0.2) is 37.1 Å². The first-order valence-corrected chi connectivity index (χ1v) is 6.48. The third-order valence-electron chi connectivity index (χ3n) is 3.88. The topological polar surface area (TPSA) is 39.1 Å². The predicted molar refractivity (Wildman–Crippen MR) is 67.1 cm³/mol. The zero-order valence-corrected chi connectivity index (χ0v) is 10.9.